The van der Waals surface area contributed by atoms with Crippen molar-refractivity contribution in [2.45, 2.75) is 11.8 Å². The van der Waals surface area contributed by atoms with E-state index in [4.69, 9.17) is 16.3 Å². The third-order valence-electron chi connectivity index (χ3n) is 2.31. The summed E-state index contributed by atoms with van der Waals surface area (Å²) in [4.78, 5) is 11.6. The average Bonchev–Trinajstić information content (AvgIpc) is 2.41. The second-order valence-corrected chi connectivity index (χ2v) is 5.84. The van der Waals surface area contributed by atoms with E-state index in [9.17, 15) is 8.42 Å². The Morgan fingerprint density at radius 2 is 2.10 bits per heavy atom. The van der Waals surface area contributed by atoms with E-state index in [1.54, 1.807) is 6.92 Å². The van der Waals surface area contributed by atoms with Crippen molar-refractivity contribution in [1.82, 2.24) is 15.0 Å². The lowest BCUT2D eigenvalue weighted by Crippen LogP contribution is -2.16. The van der Waals surface area contributed by atoms with Crippen molar-refractivity contribution in [2.75, 3.05) is 11.8 Å². The molecule has 2 heterocycles. The summed E-state index contributed by atoms with van der Waals surface area (Å²) >= 11 is 5.85. The first kappa shape index (κ1) is 14.5. The maximum absolute atomic E-state index is 12.2. The van der Waals surface area contributed by atoms with Crippen LogP contribution in [0.4, 0.5) is 5.82 Å². The Morgan fingerprint density at radius 1 is 1.35 bits per heavy atom. The van der Waals surface area contributed by atoms with Crippen molar-refractivity contribution < 1.29 is 13.2 Å². The van der Waals surface area contributed by atoms with Crippen molar-refractivity contribution in [3.05, 3.63) is 35.4 Å². The van der Waals surface area contributed by atoms with E-state index in [-0.39, 0.29) is 21.6 Å². The summed E-state index contributed by atoms with van der Waals surface area (Å²) in [5, 5.41) is 0.0616. The second kappa shape index (κ2) is 5.59. The van der Waals surface area contributed by atoms with Gasteiger partial charge >= 0.3 is 0 Å². The van der Waals surface area contributed by atoms with Gasteiger partial charge in [0.1, 0.15) is 4.90 Å². The molecule has 2 rings (SSSR count). The standard InChI is InChI=1S/C11H11ClN4O3S/c1-7-5-14-10(11(15-7)19-2)16-20(17,18)9-6-13-4-3-8(9)12/h3-6H,1-2H3,(H,14,16). The number of sulfonamides is 1. The molecule has 0 fully saturated rings. The summed E-state index contributed by atoms with van der Waals surface area (Å²) in [5.74, 6) is 0.0617. The van der Waals surface area contributed by atoms with E-state index in [0.717, 1.165) is 6.20 Å². The summed E-state index contributed by atoms with van der Waals surface area (Å²) in [6.07, 6.45) is 3.97. The zero-order valence-electron chi connectivity index (χ0n) is 10.7. The summed E-state index contributed by atoms with van der Waals surface area (Å²) in [6, 6.07) is 1.38. The van der Waals surface area contributed by atoms with Gasteiger partial charge in [-0.05, 0) is 13.0 Å². The van der Waals surface area contributed by atoms with Gasteiger partial charge in [-0.3, -0.25) is 9.71 Å². The first-order valence-electron chi connectivity index (χ1n) is 5.44. The predicted molar refractivity (Wildman–Crippen MR) is 73.4 cm³/mol. The number of pyridine rings is 1. The zero-order valence-corrected chi connectivity index (χ0v) is 12.2. The molecule has 0 spiro atoms. The minimum atomic E-state index is -3.92. The van der Waals surface area contributed by atoms with Crippen molar-refractivity contribution in [1.29, 1.82) is 0 Å². The smallest absolute Gasteiger partial charge is 0.266 e. The van der Waals surface area contributed by atoms with Gasteiger partial charge in [-0.2, -0.15) is 0 Å². The van der Waals surface area contributed by atoms with Crippen molar-refractivity contribution in [3.8, 4) is 5.88 Å². The number of nitrogens with one attached hydrogen (secondary N) is 1. The predicted octanol–water partition coefficient (Wildman–Crippen LogP) is 1.64. The average molecular weight is 315 g/mol. The van der Waals surface area contributed by atoms with Gasteiger partial charge in [-0.15, -0.1) is 0 Å². The molecular weight excluding hydrogens is 304 g/mol. The topological polar surface area (TPSA) is 94.1 Å². The van der Waals surface area contributed by atoms with Gasteiger partial charge in [0.25, 0.3) is 15.9 Å². The highest BCUT2D eigenvalue weighted by atomic mass is 35.5. The molecule has 0 aliphatic rings. The highest BCUT2D eigenvalue weighted by Crippen LogP contribution is 2.25. The van der Waals surface area contributed by atoms with Gasteiger partial charge < -0.3 is 4.74 Å². The van der Waals surface area contributed by atoms with Gasteiger partial charge in [0, 0.05) is 12.4 Å². The van der Waals surface area contributed by atoms with Crippen LogP contribution in [-0.4, -0.2) is 30.5 Å². The summed E-state index contributed by atoms with van der Waals surface area (Å²) in [7, 11) is -2.54. The van der Waals surface area contributed by atoms with Crippen LogP contribution in [0.5, 0.6) is 5.88 Å². The Bertz CT molecular complexity index is 736. The van der Waals surface area contributed by atoms with Crippen LogP contribution in [0.1, 0.15) is 5.69 Å². The lowest BCUT2D eigenvalue weighted by molar-refractivity contribution is 0.397. The molecule has 20 heavy (non-hydrogen) atoms. The molecule has 9 heteroatoms. The molecule has 106 valence electrons. The molecule has 2 aromatic rings. The van der Waals surface area contributed by atoms with Gasteiger partial charge in [0.2, 0.25) is 5.82 Å². The van der Waals surface area contributed by atoms with Crippen LogP contribution in [0.25, 0.3) is 0 Å². The fourth-order valence-electron chi connectivity index (χ4n) is 1.41. The normalized spacial score (nSPS) is 11.2. The summed E-state index contributed by atoms with van der Waals surface area (Å²) in [6.45, 7) is 1.71. The maximum atomic E-state index is 12.2. The second-order valence-electron chi connectivity index (χ2n) is 3.78. The van der Waals surface area contributed by atoms with E-state index < -0.39 is 10.0 Å². The molecule has 0 saturated heterocycles. The van der Waals surface area contributed by atoms with Gasteiger partial charge in [-0.1, -0.05) is 11.6 Å². The monoisotopic (exact) mass is 314 g/mol. The first-order chi connectivity index (χ1) is 9.44. The molecule has 7 nitrogen and oxygen atoms in total. The molecule has 0 aromatic carbocycles. The van der Waals surface area contributed by atoms with Gasteiger partial charge in [-0.25, -0.2) is 18.4 Å². The Morgan fingerprint density at radius 3 is 2.75 bits per heavy atom. The minimum Gasteiger partial charge on any atom is -0.478 e. The minimum absolute atomic E-state index is 0.0157. The van der Waals surface area contributed by atoms with Gasteiger partial charge in [0.15, 0.2) is 0 Å². The number of aromatic nitrogens is 3. The van der Waals surface area contributed by atoms with Crippen LogP contribution >= 0.6 is 11.6 Å². The third kappa shape index (κ3) is 2.97. The molecule has 0 aliphatic carbocycles. The number of anilines is 1. The molecule has 0 saturated carbocycles. The number of hydrogen-bond acceptors (Lipinski definition) is 6. The molecule has 0 aliphatic heterocycles. The molecule has 0 amide bonds. The van der Waals surface area contributed by atoms with Crippen molar-refractivity contribution in [2.24, 2.45) is 0 Å². The van der Waals surface area contributed by atoms with E-state index in [1.807, 2.05) is 0 Å². The lowest BCUT2D eigenvalue weighted by atomic mass is 10.5. The van der Waals surface area contributed by atoms with Crippen LogP contribution in [0.2, 0.25) is 5.02 Å². The molecule has 0 radical (unpaired) electrons. The quantitative estimate of drug-likeness (QED) is 0.922. The lowest BCUT2D eigenvalue weighted by Gasteiger charge is -2.10. The fourth-order valence-corrected chi connectivity index (χ4v) is 2.85. The highest BCUT2D eigenvalue weighted by molar-refractivity contribution is 7.92. The van der Waals surface area contributed by atoms with Gasteiger partial charge in [0.05, 0.1) is 24.0 Å². The number of halogens is 1. The summed E-state index contributed by atoms with van der Waals surface area (Å²) in [5.41, 5.74) is 0.601. The maximum Gasteiger partial charge on any atom is 0.266 e. The summed E-state index contributed by atoms with van der Waals surface area (Å²) < 4.78 is 31.7. The number of aryl methyl sites for hydroxylation is 1. The van der Waals surface area contributed by atoms with Crippen LogP contribution in [0.3, 0.4) is 0 Å². The molecule has 0 atom stereocenters. The van der Waals surface area contributed by atoms with Crippen LogP contribution < -0.4 is 9.46 Å². The van der Waals surface area contributed by atoms with E-state index in [0.29, 0.717) is 5.69 Å². The Kier molecular flexibility index (Phi) is 4.05. The largest absolute Gasteiger partial charge is 0.478 e. The first-order valence-corrected chi connectivity index (χ1v) is 7.30. The third-order valence-corrected chi connectivity index (χ3v) is 4.12. The SMILES string of the molecule is COc1nc(C)cnc1NS(=O)(=O)c1cnccc1Cl. The fraction of sp³-hybridized carbons (Fsp3) is 0.182. The van der Waals surface area contributed by atoms with Crippen LogP contribution in [-0.2, 0) is 10.0 Å². The van der Waals surface area contributed by atoms with E-state index in [2.05, 4.69) is 19.7 Å². The van der Waals surface area contributed by atoms with E-state index in [1.165, 1.54) is 25.6 Å². The number of methoxy groups -OCH3 is 1. The number of ether oxygens (including phenoxy) is 1. The Hall–Kier alpha value is -1.93. The Labute approximate surface area is 121 Å². The highest BCUT2D eigenvalue weighted by Gasteiger charge is 2.21. The molecule has 0 unspecified atom stereocenters. The number of hydrogen-bond donors (Lipinski definition) is 1. The van der Waals surface area contributed by atoms with E-state index >= 15 is 0 Å². The zero-order chi connectivity index (χ0) is 14.8. The van der Waals surface area contributed by atoms with Crippen LogP contribution in [0.15, 0.2) is 29.6 Å². The number of rotatable bonds is 4. The van der Waals surface area contributed by atoms with Crippen molar-refractivity contribution >= 4 is 27.4 Å². The molecule has 0 bridgehead atoms. The molecular formula is C11H11ClN4O3S. The number of nitrogens with zero attached hydrogens (tertiary/aromatic N) is 3. The van der Waals surface area contributed by atoms with Crippen molar-refractivity contribution in [3.63, 3.8) is 0 Å². The molecule has 2 aromatic heterocycles. The molecule has 1 N–H and O–H groups in total. The van der Waals surface area contributed by atoms with Crippen LogP contribution in [0, 0.1) is 6.92 Å². The Balaban J connectivity index is 2.41.